The highest BCUT2D eigenvalue weighted by Gasteiger charge is 2.28. The molecule has 0 bridgehead atoms. The molecule has 1 atom stereocenters. The molecule has 1 N–H and O–H groups in total. The van der Waals surface area contributed by atoms with Gasteiger partial charge in [0.15, 0.2) is 0 Å². The quantitative estimate of drug-likeness (QED) is 0.815. The van der Waals surface area contributed by atoms with Crippen LogP contribution in [0.2, 0.25) is 0 Å². The topological polar surface area (TPSA) is 71.8 Å². The second-order valence-corrected chi connectivity index (χ2v) is 6.76. The fourth-order valence-corrected chi connectivity index (χ4v) is 3.27. The van der Waals surface area contributed by atoms with Gasteiger partial charge in [-0.05, 0) is 43.5 Å². The number of amides is 2. The summed E-state index contributed by atoms with van der Waals surface area (Å²) in [6.07, 6.45) is 4.05. The molecule has 2 amide bonds. The summed E-state index contributed by atoms with van der Waals surface area (Å²) in [6.45, 7) is -0.0145. The number of halogens is 2. The predicted molar refractivity (Wildman–Crippen MR) is 97.0 cm³/mol. The summed E-state index contributed by atoms with van der Waals surface area (Å²) in [6, 6.07) is 7.55. The number of nitrogens with zero attached hydrogens (tertiary/aromatic N) is 1. The van der Waals surface area contributed by atoms with Crippen molar-refractivity contribution in [2.75, 3.05) is 13.1 Å². The summed E-state index contributed by atoms with van der Waals surface area (Å²) in [7, 11) is 0. The summed E-state index contributed by atoms with van der Waals surface area (Å²) in [5, 5.41) is 2.95. The van der Waals surface area contributed by atoms with Crippen LogP contribution in [0.1, 0.15) is 41.7 Å². The van der Waals surface area contributed by atoms with Crippen molar-refractivity contribution < 1.29 is 27.5 Å². The van der Waals surface area contributed by atoms with Crippen LogP contribution in [0.4, 0.5) is 8.78 Å². The zero-order chi connectivity index (χ0) is 20.1. The van der Waals surface area contributed by atoms with Gasteiger partial charge in [-0.1, -0.05) is 12.1 Å². The molecule has 6 nitrogen and oxygen atoms in total. The third kappa shape index (κ3) is 4.88. The molecule has 150 valence electrons. The van der Waals surface area contributed by atoms with Crippen LogP contribution in [0, 0.1) is 5.92 Å². The second-order valence-electron chi connectivity index (χ2n) is 6.76. The Hall–Kier alpha value is -2.90. The van der Waals surface area contributed by atoms with Crippen molar-refractivity contribution in [2.45, 2.75) is 32.4 Å². The molecule has 2 aromatic rings. The van der Waals surface area contributed by atoms with Crippen molar-refractivity contribution in [2.24, 2.45) is 5.92 Å². The number of carbonyl (C=O) groups is 2. The Bertz CT molecular complexity index is 785. The minimum absolute atomic E-state index is 0.0733. The molecule has 1 fully saturated rings. The summed E-state index contributed by atoms with van der Waals surface area (Å²) >= 11 is 0. The van der Waals surface area contributed by atoms with Gasteiger partial charge < -0.3 is 19.4 Å². The van der Waals surface area contributed by atoms with Gasteiger partial charge in [0, 0.05) is 19.0 Å². The Balaban J connectivity index is 1.49. The minimum Gasteiger partial charge on any atom is -0.472 e. The van der Waals surface area contributed by atoms with Crippen LogP contribution in [-0.4, -0.2) is 36.4 Å². The van der Waals surface area contributed by atoms with Crippen LogP contribution >= 0.6 is 0 Å². The molecule has 1 saturated heterocycles. The number of alkyl halides is 2. The van der Waals surface area contributed by atoms with Crippen molar-refractivity contribution in [3.05, 3.63) is 54.0 Å². The van der Waals surface area contributed by atoms with Crippen molar-refractivity contribution in [1.82, 2.24) is 10.2 Å². The fraction of sp³-hybridized carbons (Fsp3) is 0.400. The maximum Gasteiger partial charge on any atom is 0.387 e. The van der Waals surface area contributed by atoms with E-state index in [0.717, 1.165) is 5.56 Å². The average molecular weight is 392 g/mol. The standard InChI is InChI=1S/C20H22F2N2O4/c1-13(14-2-4-17(5-3-14)28-20(21)22)23-18(25)15-6-9-24(10-7-15)19(26)16-8-11-27-12-16/h2-5,8,11-13,15,20H,6-7,9-10H2,1H3,(H,23,25). The van der Waals surface area contributed by atoms with Crippen LogP contribution < -0.4 is 10.1 Å². The van der Waals surface area contributed by atoms with Crippen molar-refractivity contribution in [1.29, 1.82) is 0 Å². The molecule has 1 aromatic heterocycles. The Morgan fingerprint density at radius 1 is 1.18 bits per heavy atom. The van der Waals surface area contributed by atoms with E-state index in [-0.39, 0.29) is 29.5 Å². The van der Waals surface area contributed by atoms with Crippen molar-refractivity contribution >= 4 is 11.8 Å². The van der Waals surface area contributed by atoms with E-state index in [1.165, 1.54) is 24.7 Å². The zero-order valence-electron chi connectivity index (χ0n) is 15.4. The molecule has 8 heteroatoms. The predicted octanol–water partition coefficient (Wildman–Crippen LogP) is 3.61. The van der Waals surface area contributed by atoms with Crippen LogP contribution in [0.5, 0.6) is 5.75 Å². The highest BCUT2D eigenvalue weighted by Crippen LogP contribution is 2.23. The molecule has 28 heavy (non-hydrogen) atoms. The Kier molecular flexibility index (Phi) is 6.28. The lowest BCUT2D eigenvalue weighted by Gasteiger charge is -2.31. The number of furan rings is 1. The molecule has 1 aliphatic heterocycles. The lowest BCUT2D eigenvalue weighted by Crippen LogP contribution is -2.43. The normalized spacial score (nSPS) is 16.1. The van der Waals surface area contributed by atoms with E-state index in [2.05, 4.69) is 10.1 Å². The first-order valence-corrected chi connectivity index (χ1v) is 9.10. The number of benzene rings is 1. The lowest BCUT2D eigenvalue weighted by atomic mass is 9.95. The number of likely N-dealkylation sites (tertiary alicyclic amines) is 1. The van der Waals surface area contributed by atoms with Gasteiger partial charge in [0.25, 0.3) is 5.91 Å². The molecular formula is C20H22F2N2O4. The van der Waals surface area contributed by atoms with E-state index >= 15 is 0 Å². The Morgan fingerprint density at radius 3 is 2.43 bits per heavy atom. The Morgan fingerprint density at radius 2 is 1.86 bits per heavy atom. The number of hydrogen-bond acceptors (Lipinski definition) is 4. The van der Waals surface area contributed by atoms with Crippen molar-refractivity contribution in [3.63, 3.8) is 0 Å². The second kappa shape index (κ2) is 8.86. The first-order chi connectivity index (χ1) is 13.4. The molecule has 1 aromatic carbocycles. The van der Waals surface area contributed by atoms with Crippen LogP contribution in [0.3, 0.4) is 0 Å². The molecule has 0 saturated carbocycles. The van der Waals surface area contributed by atoms with E-state index in [1.807, 2.05) is 6.92 Å². The number of nitrogens with one attached hydrogen (secondary N) is 1. The molecule has 1 unspecified atom stereocenters. The smallest absolute Gasteiger partial charge is 0.387 e. The average Bonchev–Trinajstić information content (AvgIpc) is 3.22. The SMILES string of the molecule is CC(NC(=O)C1CCN(C(=O)c2ccoc2)CC1)c1ccc(OC(F)F)cc1. The molecule has 0 aliphatic carbocycles. The van der Waals surface area contributed by atoms with Gasteiger partial charge in [0.1, 0.15) is 12.0 Å². The first kappa shape index (κ1) is 19.9. The minimum atomic E-state index is -2.87. The van der Waals surface area contributed by atoms with Gasteiger partial charge in [-0.2, -0.15) is 8.78 Å². The van der Waals surface area contributed by atoms with E-state index in [1.54, 1.807) is 23.1 Å². The van der Waals surface area contributed by atoms with Gasteiger partial charge in [0.2, 0.25) is 5.91 Å². The number of hydrogen-bond donors (Lipinski definition) is 1. The number of ether oxygens (including phenoxy) is 1. The van der Waals surface area contributed by atoms with E-state index in [0.29, 0.717) is 31.5 Å². The molecule has 0 spiro atoms. The molecule has 0 radical (unpaired) electrons. The summed E-state index contributed by atoms with van der Waals surface area (Å²) in [4.78, 5) is 26.6. The molecule has 2 heterocycles. The summed E-state index contributed by atoms with van der Waals surface area (Å²) < 4.78 is 33.7. The van der Waals surface area contributed by atoms with Gasteiger partial charge in [-0.3, -0.25) is 9.59 Å². The van der Waals surface area contributed by atoms with E-state index in [4.69, 9.17) is 4.42 Å². The third-order valence-corrected chi connectivity index (χ3v) is 4.89. The van der Waals surface area contributed by atoms with E-state index in [9.17, 15) is 18.4 Å². The lowest BCUT2D eigenvalue weighted by molar-refractivity contribution is -0.127. The van der Waals surface area contributed by atoms with E-state index < -0.39 is 6.61 Å². The van der Waals surface area contributed by atoms with Crippen LogP contribution in [-0.2, 0) is 4.79 Å². The molecular weight excluding hydrogens is 370 g/mol. The Labute approximate surface area is 161 Å². The third-order valence-electron chi connectivity index (χ3n) is 4.89. The number of rotatable bonds is 6. The summed E-state index contributed by atoms with van der Waals surface area (Å²) in [5.41, 5.74) is 1.30. The van der Waals surface area contributed by atoms with Gasteiger partial charge in [-0.25, -0.2) is 0 Å². The van der Waals surface area contributed by atoms with Crippen LogP contribution in [0.25, 0.3) is 0 Å². The highest BCUT2D eigenvalue weighted by molar-refractivity contribution is 5.94. The molecule has 1 aliphatic rings. The summed E-state index contributed by atoms with van der Waals surface area (Å²) in [5.74, 6) is -0.257. The maximum absolute atomic E-state index is 12.5. The maximum atomic E-state index is 12.5. The number of piperidine rings is 1. The van der Waals surface area contributed by atoms with Gasteiger partial charge in [-0.15, -0.1) is 0 Å². The monoisotopic (exact) mass is 392 g/mol. The highest BCUT2D eigenvalue weighted by atomic mass is 19.3. The van der Waals surface area contributed by atoms with Gasteiger partial charge in [0.05, 0.1) is 17.9 Å². The van der Waals surface area contributed by atoms with Crippen molar-refractivity contribution in [3.8, 4) is 5.75 Å². The molecule has 3 rings (SSSR count). The van der Waals surface area contributed by atoms with Gasteiger partial charge >= 0.3 is 6.61 Å². The fourth-order valence-electron chi connectivity index (χ4n) is 3.27. The van der Waals surface area contributed by atoms with Crippen LogP contribution in [0.15, 0.2) is 47.3 Å². The number of carbonyl (C=O) groups excluding carboxylic acids is 2. The first-order valence-electron chi connectivity index (χ1n) is 9.10. The zero-order valence-corrected chi connectivity index (χ0v) is 15.4. The largest absolute Gasteiger partial charge is 0.472 e.